The van der Waals surface area contributed by atoms with E-state index in [9.17, 15) is 9.59 Å². The maximum absolute atomic E-state index is 12.9. The molecule has 0 saturated carbocycles. The summed E-state index contributed by atoms with van der Waals surface area (Å²) in [6.45, 7) is 1.51. The van der Waals surface area contributed by atoms with Gasteiger partial charge in [-0.05, 0) is 12.5 Å². The first-order valence-electron chi connectivity index (χ1n) is 8.90. The molecule has 0 aromatic carbocycles. The second-order valence-corrected chi connectivity index (χ2v) is 7.03. The molecule has 8 heteroatoms. The van der Waals surface area contributed by atoms with E-state index in [1.165, 1.54) is 12.5 Å². The lowest BCUT2D eigenvalue weighted by molar-refractivity contribution is -0.0407. The number of furan rings is 1. The Morgan fingerprint density at radius 2 is 2.26 bits per heavy atom. The topological polar surface area (TPSA) is 81.9 Å². The van der Waals surface area contributed by atoms with Gasteiger partial charge in [-0.1, -0.05) is 11.6 Å². The molecule has 1 fully saturated rings. The fourth-order valence-corrected chi connectivity index (χ4v) is 3.49. The monoisotopic (exact) mass is 390 g/mol. The molecule has 7 nitrogen and oxygen atoms in total. The van der Waals surface area contributed by atoms with Gasteiger partial charge in [0, 0.05) is 31.6 Å². The fourth-order valence-electron chi connectivity index (χ4n) is 3.38. The largest absolute Gasteiger partial charge is 0.475 e. The molecule has 0 N–H and O–H groups in total. The summed E-state index contributed by atoms with van der Waals surface area (Å²) in [5, 5.41) is 0.533. The van der Waals surface area contributed by atoms with Gasteiger partial charge in [-0.3, -0.25) is 9.59 Å². The van der Waals surface area contributed by atoms with Crippen molar-refractivity contribution in [2.75, 3.05) is 26.3 Å². The van der Waals surface area contributed by atoms with Crippen LogP contribution < -0.4 is 4.74 Å². The number of rotatable bonds is 4. The summed E-state index contributed by atoms with van der Waals surface area (Å²) < 4.78 is 16.8. The number of halogens is 1. The molecule has 27 heavy (non-hydrogen) atoms. The van der Waals surface area contributed by atoms with Crippen LogP contribution in [0.15, 0.2) is 29.0 Å². The van der Waals surface area contributed by atoms with Crippen LogP contribution >= 0.6 is 11.6 Å². The van der Waals surface area contributed by atoms with E-state index in [-0.39, 0.29) is 24.4 Å². The van der Waals surface area contributed by atoms with Gasteiger partial charge in [-0.25, -0.2) is 4.98 Å². The lowest BCUT2D eigenvalue weighted by Gasteiger charge is -2.32. The molecular formula is C19H19ClN2O5. The standard InChI is InChI=1S/C19H19ClN2O5/c20-12-4-5-17(21-8-12)27-10-13-9-22(6-7-25-13)19(24)14-11-26-16-3-1-2-15(23)18(14)16/h4-5,8,11,13H,1-3,6-7,9-10H2. The molecule has 1 atom stereocenters. The number of Topliss-reactive ketones (excluding diaryl/α,β-unsaturated/α-hetero) is 1. The highest BCUT2D eigenvalue weighted by molar-refractivity contribution is 6.30. The third-order valence-corrected chi connectivity index (χ3v) is 4.95. The first kappa shape index (κ1) is 18.0. The van der Waals surface area contributed by atoms with Crippen molar-refractivity contribution in [3.63, 3.8) is 0 Å². The Morgan fingerprint density at radius 3 is 3.07 bits per heavy atom. The first-order valence-corrected chi connectivity index (χ1v) is 9.28. The van der Waals surface area contributed by atoms with Crippen molar-refractivity contribution in [3.8, 4) is 5.88 Å². The minimum Gasteiger partial charge on any atom is -0.475 e. The summed E-state index contributed by atoms with van der Waals surface area (Å²) in [7, 11) is 0. The van der Waals surface area contributed by atoms with E-state index in [1.54, 1.807) is 17.0 Å². The number of ketones is 1. The zero-order chi connectivity index (χ0) is 18.8. The van der Waals surface area contributed by atoms with Crippen LogP contribution in [0.1, 0.15) is 39.3 Å². The van der Waals surface area contributed by atoms with E-state index in [1.807, 2.05) is 0 Å². The molecule has 2 aliphatic rings. The maximum atomic E-state index is 12.9. The van der Waals surface area contributed by atoms with Crippen molar-refractivity contribution >= 4 is 23.3 Å². The summed E-state index contributed by atoms with van der Waals surface area (Å²) in [6.07, 6.45) is 4.56. The van der Waals surface area contributed by atoms with Crippen molar-refractivity contribution in [2.45, 2.75) is 25.4 Å². The molecule has 2 aromatic rings. The normalized spacial score (nSPS) is 19.7. The minimum atomic E-state index is -0.279. The van der Waals surface area contributed by atoms with Gasteiger partial charge in [0.15, 0.2) is 5.78 Å². The van der Waals surface area contributed by atoms with Crippen LogP contribution in [0.5, 0.6) is 5.88 Å². The van der Waals surface area contributed by atoms with Crippen LogP contribution in [0.4, 0.5) is 0 Å². The van der Waals surface area contributed by atoms with Crippen molar-refractivity contribution < 1.29 is 23.5 Å². The van der Waals surface area contributed by atoms with Crippen LogP contribution in [0.25, 0.3) is 0 Å². The molecular weight excluding hydrogens is 372 g/mol. The molecule has 1 aliphatic heterocycles. The summed E-state index contributed by atoms with van der Waals surface area (Å²) in [4.78, 5) is 30.9. The molecule has 0 spiro atoms. The third-order valence-electron chi connectivity index (χ3n) is 4.73. The van der Waals surface area contributed by atoms with Gasteiger partial charge < -0.3 is 18.8 Å². The van der Waals surface area contributed by atoms with Crippen LogP contribution in [0.3, 0.4) is 0 Å². The van der Waals surface area contributed by atoms with E-state index < -0.39 is 0 Å². The lowest BCUT2D eigenvalue weighted by atomic mass is 9.93. The van der Waals surface area contributed by atoms with Gasteiger partial charge in [0.2, 0.25) is 5.88 Å². The minimum absolute atomic E-state index is 0.0182. The van der Waals surface area contributed by atoms with E-state index in [0.29, 0.717) is 60.3 Å². The molecule has 4 rings (SSSR count). The quantitative estimate of drug-likeness (QED) is 0.798. The van der Waals surface area contributed by atoms with Crippen molar-refractivity contribution in [2.24, 2.45) is 0 Å². The van der Waals surface area contributed by atoms with Gasteiger partial charge in [0.25, 0.3) is 5.91 Å². The van der Waals surface area contributed by atoms with Crippen molar-refractivity contribution in [1.29, 1.82) is 0 Å². The number of morpholine rings is 1. The summed E-state index contributed by atoms with van der Waals surface area (Å²) in [5.74, 6) is 0.848. The highest BCUT2D eigenvalue weighted by atomic mass is 35.5. The first-order chi connectivity index (χ1) is 13.1. The number of ether oxygens (including phenoxy) is 2. The average molecular weight is 391 g/mol. The number of aromatic nitrogens is 1. The number of fused-ring (bicyclic) bond motifs is 1. The van der Waals surface area contributed by atoms with E-state index in [2.05, 4.69) is 4.98 Å². The number of pyridine rings is 1. The van der Waals surface area contributed by atoms with Crippen LogP contribution in [-0.2, 0) is 11.2 Å². The predicted octanol–water partition coefficient (Wildman–Crippen LogP) is 2.77. The van der Waals surface area contributed by atoms with Crippen LogP contribution in [-0.4, -0.2) is 54.0 Å². The van der Waals surface area contributed by atoms with Gasteiger partial charge in [-0.2, -0.15) is 0 Å². The Morgan fingerprint density at radius 1 is 1.37 bits per heavy atom. The summed E-state index contributed by atoms with van der Waals surface area (Å²) in [6, 6.07) is 3.37. The second-order valence-electron chi connectivity index (χ2n) is 6.59. The molecule has 0 bridgehead atoms. The van der Waals surface area contributed by atoms with Crippen molar-refractivity contribution in [1.82, 2.24) is 9.88 Å². The third kappa shape index (κ3) is 3.84. The molecule has 142 valence electrons. The number of aryl methyl sites for hydroxylation is 1. The summed E-state index contributed by atoms with van der Waals surface area (Å²) in [5.41, 5.74) is 0.812. The van der Waals surface area contributed by atoms with E-state index in [4.69, 9.17) is 25.5 Å². The van der Waals surface area contributed by atoms with E-state index >= 15 is 0 Å². The fraction of sp³-hybridized carbons (Fsp3) is 0.421. The molecule has 1 saturated heterocycles. The average Bonchev–Trinajstić information content (AvgIpc) is 3.13. The lowest BCUT2D eigenvalue weighted by Crippen LogP contribution is -2.47. The molecule has 1 unspecified atom stereocenters. The SMILES string of the molecule is O=C1CCCc2occ(C(=O)N3CCOC(COc4ccc(Cl)cn4)C3)c21. The van der Waals surface area contributed by atoms with Gasteiger partial charge in [0.1, 0.15) is 24.7 Å². The summed E-state index contributed by atoms with van der Waals surface area (Å²) >= 11 is 5.81. The second kappa shape index (κ2) is 7.70. The molecule has 1 aliphatic carbocycles. The Hall–Kier alpha value is -2.38. The number of amides is 1. The Labute approximate surface area is 161 Å². The van der Waals surface area contributed by atoms with Gasteiger partial charge in [0.05, 0.1) is 29.3 Å². The number of hydrogen-bond donors (Lipinski definition) is 0. The Kier molecular flexibility index (Phi) is 5.13. The predicted molar refractivity (Wildman–Crippen MR) is 96.4 cm³/mol. The number of carbonyl (C=O) groups is 2. The number of carbonyl (C=O) groups excluding carboxylic acids is 2. The molecule has 0 radical (unpaired) electrons. The highest BCUT2D eigenvalue weighted by Gasteiger charge is 2.32. The number of hydrogen-bond acceptors (Lipinski definition) is 6. The van der Waals surface area contributed by atoms with E-state index in [0.717, 1.165) is 6.42 Å². The zero-order valence-corrected chi connectivity index (χ0v) is 15.4. The van der Waals surface area contributed by atoms with Crippen LogP contribution in [0.2, 0.25) is 5.02 Å². The van der Waals surface area contributed by atoms with Gasteiger partial charge in [-0.15, -0.1) is 0 Å². The van der Waals surface area contributed by atoms with Gasteiger partial charge >= 0.3 is 0 Å². The smallest absolute Gasteiger partial charge is 0.258 e. The molecule has 2 aromatic heterocycles. The molecule has 1 amide bonds. The maximum Gasteiger partial charge on any atom is 0.258 e. The molecule has 3 heterocycles. The van der Waals surface area contributed by atoms with Crippen molar-refractivity contribution in [3.05, 3.63) is 46.5 Å². The number of nitrogens with zero attached hydrogens (tertiary/aromatic N) is 2. The Bertz CT molecular complexity index is 848. The van der Waals surface area contributed by atoms with Crippen LogP contribution in [0, 0.1) is 0 Å². The Balaban J connectivity index is 1.41. The zero-order valence-electron chi connectivity index (χ0n) is 14.7. The highest BCUT2D eigenvalue weighted by Crippen LogP contribution is 2.27.